The molecule has 1 atom stereocenters. The number of H-pyrrole nitrogens is 1. The molecule has 2 N–H and O–H groups in total. The fraction of sp³-hybridized carbons (Fsp3) is 0.600. The number of hydrogen-bond acceptors (Lipinski definition) is 5. The van der Waals surface area contributed by atoms with Crippen LogP contribution < -0.4 is 5.32 Å². The highest BCUT2D eigenvalue weighted by molar-refractivity contribution is 5.02. The lowest BCUT2D eigenvalue weighted by Crippen LogP contribution is -2.15. The van der Waals surface area contributed by atoms with Gasteiger partial charge in [-0.1, -0.05) is 5.21 Å². The fourth-order valence-corrected chi connectivity index (χ4v) is 1.70. The summed E-state index contributed by atoms with van der Waals surface area (Å²) in [5.74, 6) is 0.670. The third-order valence-electron chi connectivity index (χ3n) is 2.99. The first-order valence-corrected chi connectivity index (χ1v) is 5.82. The lowest BCUT2D eigenvalue weighted by atomic mass is 10.3. The number of imidazole rings is 1. The Morgan fingerprint density at radius 3 is 3.18 bits per heavy atom. The Bertz CT molecular complexity index is 471. The van der Waals surface area contributed by atoms with E-state index in [0.717, 1.165) is 12.2 Å². The summed E-state index contributed by atoms with van der Waals surface area (Å²) in [6.45, 7) is 2.85. The van der Waals surface area contributed by atoms with Gasteiger partial charge in [0.1, 0.15) is 0 Å². The zero-order valence-corrected chi connectivity index (χ0v) is 9.67. The first-order valence-electron chi connectivity index (χ1n) is 5.82. The predicted octanol–water partition coefficient (Wildman–Crippen LogP) is 0.257. The number of aromatic amines is 1. The summed E-state index contributed by atoms with van der Waals surface area (Å²) < 4.78 is 1.99. The predicted molar refractivity (Wildman–Crippen MR) is 60.1 cm³/mol. The van der Waals surface area contributed by atoms with Gasteiger partial charge in [0.05, 0.1) is 18.1 Å². The van der Waals surface area contributed by atoms with Gasteiger partial charge in [-0.25, -0.2) is 4.98 Å². The number of nitrogens with zero attached hydrogens (tertiary/aromatic N) is 5. The molecule has 1 saturated carbocycles. The van der Waals surface area contributed by atoms with Crippen molar-refractivity contribution in [2.45, 2.75) is 38.4 Å². The van der Waals surface area contributed by atoms with Crippen molar-refractivity contribution in [3.63, 3.8) is 0 Å². The molecule has 2 heterocycles. The number of hydrogen-bond donors (Lipinski definition) is 2. The van der Waals surface area contributed by atoms with Gasteiger partial charge >= 0.3 is 0 Å². The molecule has 17 heavy (non-hydrogen) atoms. The van der Waals surface area contributed by atoms with Crippen molar-refractivity contribution in [1.82, 2.24) is 35.5 Å². The molecule has 0 radical (unpaired) electrons. The minimum atomic E-state index is 0.0518. The van der Waals surface area contributed by atoms with E-state index in [9.17, 15) is 0 Å². The van der Waals surface area contributed by atoms with Crippen molar-refractivity contribution in [2.75, 3.05) is 0 Å². The van der Waals surface area contributed by atoms with Crippen LogP contribution in [0, 0.1) is 0 Å². The smallest absolute Gasteiger partial charge is 0.196 e. The van der Waals surface area contributed by atoms with Crippen molar-refractivity contribution >= 4 is 0 Å². The zero-order valence-electron chi connectivity index (χ0n) is 9.67. The first kappa shape index (κ1) is 10.4. The molecule has 1 unspecified atom stereocenters. The minimum Gasteiger partial charge on any atom is -0.327 e. The Labute approximate surface area is 98.6 Å². The Balaban J connectivity index is 1.66. The average molecular weight is 233 g/mol. The van der Waals surface area contributed by atoms with Gasteiger partial charge in [0.25, 0.3) is 0 Å². The van der Waals surface area contributed by atoms with Gasteiger partial charge in [-0.3, -0.25) is 0 Å². The second-order valence-corrected chi connectivity index (χ2v) is 4.41. The van der Waals surface area contributed by atoms with Crippen LogP contribution in [0.3, 0.4) is 0 Å². The highest BCUT2D eigenvalue weighted by Crippen LogP contribution is 2.19. The second-order valence-electron chi connectivity index (χ2n) is 4.41. The van der Waals surface area contributed by atoms with Crippen molar-refractivity contribution in [1.29, 1.82) is 0 Å². The van der Waals surface area contributed by atoms with E-state index >= 15 is 0 Å². The standard InChI is InChI=1S/C10H15N7/c1-7(10-13-15-16-14-10)17-5-9(12-6-17)4-11-8-2-3-8/h5-8,11H,2-4H2,1H3,(H,13,14,15,16). The van der Waals surface area contributed by atoms with Gasteiger partial charge in [-0.15, -0.1) is 10.2 Å². The molecule has 1 aliphatic carbocycles. The quantitative estimate of drug-likeness (QED) is 0.773. The van der Waals surface area contributed by atoms with Crippen molar-refractivity contribution in [3.05, 3.63) is 24.0 Å². The maximum absolute atomic E-state index is 4.36. The van der Waals surface area contributed by atoms with Crippen LogP contribution in [0.25, 0.3) is 0 Å². The monoisotopic (exact) mass is 233 g/mol. The van der Waals surface area contributed by atoms with E-state index in [4.69, 9.17) is 0 Å². The van der Waals surface area contributed by atoms with Gasteiger partial charge in [-0.05, 0) is 19.8 Å². The van der Waals surface area contributed by atoms with Gasteiger partial charge in [0, 0.05) is 18.8 Å². The third-order valence-corrected chi connectivity index (χ3v) is 2.99. The molecule has 0 spiro atoms. The summed E-state index contributed by atoms with van der Waals surface area (Å²) in [5.41, 5.74) is 1.05. The Hall–Kier alpha value is -1.76. The zero-order chi connectivity index (χ0) is 11.7. The summed E-state index contributed by atoms with van der Waals surface area (Å²) >= 11 is 0. The molecule has 1 fully saturated rings. The normalized spacial score (nSPS) is 17.2. The summed E-state index contributed by atoms with van der Waals surface area (Å²) in [7, 11) is 0. The van der Waals surface area contributed by atoms with Crippen LogP contribution in [0.1, 0.15) is 37.3 Å². The third kappa shape index (κ3) is 2.33. The van der Waals surface area contributed by atoms with E-state index in [-0.39, 0.29) is 6.04 Å². The molecule has 0 aliphatic heterocycles. The molecule has 0 amide bonds. The number of aromatic nitrogens is 6. The average Bonchev–Trinajstić information content (AvgIpc) is 2.86. The lowest BCUT2D eigenvalue weighted by molar-refractivity contribution is 0.598. The Morgan fingerprint density at radius 2 is 2.47 bits per heavy atom. The number of rotatable bonds is 5. The van der Waals surface area contributed by atoms with Crippen LogP contribution in [0.5, 0.6) is 0 Å². The molecule has 1 aliphatic rings. The van der Waals surface area contributed by atoms with Crippen LogP contribution >= 0.6 is 0 Å². The highest BCUT2D eigenvalue weighted by Gasteiger charge is 2.20. The molecular weight excluding hydrogens is 218 g/mol. The van der Waals surface area contributed by atoms with E-state index in [2.05, 4.69) is 30.9 Å². The summed E-state index contributed by atoms with van der Waals surface area (Å²) in [5, 5.41) is 17.4. The first-order chi connectivity index (χ1) is 8.33. The van der Waals surface area contributed by atoms with Crippen molar-refractivity contribution < 1.29 is 0 Å². The molecule has 0 saturated heterocycles. The molecule has 90 valence electrons. The van der Waals surface area contributed by atoms with E-state index < -0.39 is 0 Å². The summed E-state index contributed by atoms with van der Waals surface area (Å²) in [4.78, 5) is 4.36. The highest BCUT2D eigenvalue weighted by atomic mass is 15.5. The van der Waals surface area contributed by atoms with Crippen LogP contribution in [-0.2, 0) is 6.54 Å². The molecule has 0 bridgehead atoms. The van der Waals surface area contributed by atoms with Crippen LogP contribution in [0.2, 0.25) is 0 Å². The van der Waals surface area contributed by atoms with Gasteiger partial charge in [0.2, 0.25) is 0 Å². The largest absolute Gasteiger partial charge is 0.327 e. The number of nitrogens with one attached hydrogen (secondary N) is 2. The summed E-state index contributed by atoms with van der Waals surface area (Å²) in [6.07, 6.45) is 6.42. The van der Waals surface area contributed by atoms with E-state index in [1.807, 2.05) is 24.0 Å². The molecule has 2 aromatic heterocycles. The van der Waals surface area contributed by atoms with E-state index in [1.54, 1.807) is 0 Å². The van der Waals surface area contributed by atoms with Gasteiger partial charge in [0.15, 0.2) is 5.82 Å². The molecule has 2 aromatic rings. The molecule has 3 rings (SSSR count). The van der Waals surface area contributed by atoms with Crippen LogP contribution in [-0.4, -0.2) is 36.2 Å². The fourth-order valence-electron chi connectivity index (χ4n) is 1.70. The lowest BCUT2D eigenvalue weighted by Gasteiger charge is -2.07. The summed E-state index contributed by atoms with van der Waals surface area (Å²) in [6, 6.07) is 0.755. The Morgan fingerprint density at radius 1 is 1.59 bits per heavy atom. The maximum atomic E-state index is 4.36. The van der Waals surface area contributed by atoms with Gasteiger partial charge in [-0.2, -0.15) is 5.21 Å². The van der Waals surface area contributed by atoms with Gasteiger partial charge < -0.3 is 9.88 Å². The molecule has 0 aromatic carbocycles. The van der Waals surface area contributed by atoms with Crippen LogP contribution in [0.15, 0.2) is 12.5 Å². The second kappa shape index (κ2) is 4.25. The van der Waals surface area contributed by atoms with Crippen molar-refractivity contribution in [3.8, 4) is 0 Å². The molecular formula is C10H15N7. The SMILES string of the molecule is CC(c1nn[nH]n1)n1cnc(CNC2CC2)c1. The van der Waals surface area contributed by atoms with E-state index in [1.165, 1.54) is 12.8 Å². The number of tetrazole rings is 1. The van der Waals surface area contributed by atoms with Crippen molar-refractivity contribution in [2.24, 2.45) is 0 Å². The topological polar surface area (TPSA) is 84.3 Å². The Kier molecular flexibility index (Phi) is 2.60. The van der Waals surface area contributed by atoms with E-state index in [0.29, 0.717) is 11.9 Å². The molecule has 7 nitrogen and oxygen atoms in total. The maximum Gasteiger partial charge on any atom is 0.196 e. The van der Waals surface area contributed by atoms with Crippen LogP contribution in [0.4, 0.5) is 0 Å². The molecule has 7 heteroatoms. The minimum absolute atomic E-state index is 0.0518.